The lowest BCUT2D eigenvalue weighted by molar-refractivity contribution is 0.0601. The van der Waals surface area contributed by atoms with Gasteiger partial charge in [0.2, 0.25) is 5.91 Å². The molecular formula is C20H23N3O3S2. The average molecular weight is 418 g/mol. The lowest BCUT2D eigenvalue weighted by atomic mass is 9.96. The zero-order valence-corrected chi connectivity index (χ0v) is 17.3. The van der Waals surface area contributed by atoms with Gasteiger partial charge >= 0.3 is 5.97 Å². The van der Waals surface area contributed by atoms with Crippen molar-refractivity contribution < 1.29 is 14.3 Å². The molecule has 0 fully saturated rings. The van der Waals surface area contributed by atoms with Crippen LogP contribution in [0.3, 0.4) is 0 Å². The number of anilines is 2. The number of methoxy groups -OCH3 is 1. The van der Waals surface area contributed by atoms with Crippen LogP contribution in [0.2, 0.25) is 0 Å². The van der Waals surface area contributed by atoms with Crippen LogP contribution < -0.4 is 16.4 Å². The SMILES string of the molecule is COC(=O)c1c(NC(=S)Nc2ccc(C(N)=O)cc2)sc2c1CCCCCC2. The van der Waals surface area contributed by atoms with Gasteiger partial charge in [-0.3, -0.25) is 4.79 Å². The van der Waals surface area contributed by atoms with Crippen molar-refractivity contribution in [1.29, 1.82) is 0 Å². The molecule has 1 aliphatic carbocycles. The lowest BCUT2D eigenvalue weighted by Crippen LogP contribution is -2.20. The van der Waals surface area contributed by atoms with Gasteiger partial charge in [0.1, 0.15) is 5.00 Å². The van der Waals surface area contributed by atoms with Crippen molar-refractivity contribution in [3.8, 4) is 0 Å². The number of esters is 1. The molecule has 0 aliphatic heterocycles. The fourth-order valence-electron chi connectivity index (χ4n) is 3.31. The summed E-state index contributed by atoms with van der Waals surface area (Å²) < 4.78 is 5.03. The molecular weight excluding hydrogens is 394 g/mol. The number of hydrogen-bond acceptors (Lipinski definition) is 5. The van der Waals surface area contributed by atoms with Gasteiger partial charge in [-0.2, -0.15) is 0 Å². The van der Waals surface area contributed by atoms with E-state index in [9.17, 15) is 9.59 Å². The van der Waals surface area contributed by atoms with Crippen LogP contribution in [0.25, 0.3) is 0 Å². The quantitative estimate of drug-likeness (QED) is 0.512. The van der Waals surface area contributed by atoms with Crippen LogP contribution >= 0.6 is 23.6 Å². The van der Waals surface area contributed by atoms with Crippen molar-refractivity contribution in [2.45, 2.75) is 38.5 Å². The molecule has 1 amide bonds. The Hall–Kier alpha value is -2.45. The molecule has 0 atom stereocenters. The number of primary amides is 1. The summed E-state index contributed by atoms with van der Waals surface area (Å²) in [5.74, 6) is -0.819. The number of nitrogens with two attached hydrogens (primary N) is 1. The summed E-state index contributed by atoms with van der Waals surface area (Å²) in [6, 6.07) is 6.71. The van der Waals surface area contributed by atoms with E-state index >= 15 is 0 Å². The smallest absolute Gasteiger partial charge is 0.341 e. The van der Waals surface area contributed by atoms with Gasteiger partial charge in [-0.15, -0.1) is 11.3 Å². The first-order valence-corrected chi connectivity index (χ1v) is 10.4. The number of carbonyl (C=O) groups excluding carboxylic acids is 2. The molecule has 0 unspecified atom stereocenters. The van der Waals surface area contributed by atoms with Crippen molar-refractivity contribution in [2.75, 3.05) is 17.7 Å². The van der Waals surface area contributed by atoms with Crippen LogP contribution in [0.15, 0.2) is 24.3 Å². The van der Waals surface area contributed by atoms with E-state index in [-0.39, 0.29) is 5.97 Å². The van der Waals surface area contributed by atoms with Crippen LogP contribution in [0.1, 0.15) is 56.8 Å². The Bertz CT molecular complexity index is 891. The predicted octanol–water partition coefficient (Wildman–Crippen LogP) is 4.10. The molecule has 28 heavy (non-hydrogen) atoms. The molecule has 1 aromatic heterocycles. The number of ether oxygens (including phenoxy) is 1. The highest BCUT2D eigenvalue weighted by atomic mass is 32.1. The highest BCUT2D eigenvalue weighted by Gasteiger charge is 2.25. The number of thiocarbonyl (C=S) groups is 1. The normalized spacial score (nSPS) is 13.6. The minimum absolute atomic E-state index is 0.339. The van der Waals surface area contributed by atoms with E-state index in [1.807, 2.05) is 0 Å². The van der Waals surface area contributed by atoms with Crippen LogP contribution in [0.4, 0.5) is 10.7 Å². The van der Waals surface area contributed by atoms with E-state index in [2.05, 4.69) is 10.6 Å². The zero-order valence-electron chi connectivity index (χ0n) is 15.7. The summed E-state index contributed by atoms with van der Waals surface area (Å²) in [6.45, 7) is 0. The average Bonchev–Trinajstić information content (AvgIpc) is 2.97. The molecule has 0 spiro atoms. The molecule has 148 valence electrons. The molecule has 1 aliphatic rings. The van der Waals surface area contributed by atoms with E-state index in [1.54, 1.807) is 35.6 Å². The number of carbonyl (C=O) groups is 2. The number of thiophene rings is 1. The first kappa shape index (κ1) is 20.3. The standard InChI is InChI=1S/C20H23N3O3S2/c1-26-19(25)16-14-6-4-2-3-5-7-15(14)28-18(16)23-20(27)22-13-10-8-12(9-11-13)17(21)24/h8-11H,2-7H2,1H3,(H2,21,24)(H2,22,23,27). The van der Waals surface area contributed by atoms with E-state index in [0.717, 1.165) is 36.9 Å². The van der Waals surface area contributed by atoms with E-state index in [0.29, 0.717) is 21.2 Å². The lowest BCUT2D eigenvalue weighted by Gasteiger charge is -2.12. The number of nitrogens with one attached hydrogen (secondary N) is 2. The molecule has 0 bridgehead atoms. The van der Waals surface area contributed by atoms with Crippen molar-refractivity contribution in [1.82, 2.24) is 0 Å². The monoisotopic (exact) mass is 417 g/mol. The minimum atomic E-state index is -0.481. The van der Waals surface area contributed by atoms with Gasteiger partial charge in [-0.1, -0.05) is 12.8 Å². The largest absolute Gasteiger partial charge is 0.465 e. The number of amides is 1. The minimum Gasteiger partial charge on any atom is -0.465 e. The number of benzene rings is 1. The summed E-state index contributed by atoms with van der Waals surface area (Å²) in [6.07, 6.45) is 6.45. The molecule has 1 heterocycles. The fraction of sp³-hybridized carbons (Fsp3) is 0.350. The van der Waals surface area contributed by atoms with Crippen molar-refractivity contribution >= 4 is 51.2 Å². The summed E-state index contributed by atoms with van der Waals surface area (Å²) in [5.41, 5.74) is 8.09. The number of aryl methyl sites for hydroxylation is 1. The third kappa shape index (κ3) is 4.69. The second-order valence-electron chi connectivity index (χ2n) is 6.63. The number of rotatable bonds is 4. The third-order valence-electron chi connectivity index (χ3n) is 4.72. The summed E-state index contributed by atoms with van der Waals surface area (Å²) >= 11 is 6.99. The van der Waals surface area contributed by atoms with Crippen LogP contribution in [0, 0.1) is 0 Å². The van der Waals surface area contributed by atoms with Gasteiger partial charge in [-0.25, -0.2) is 4.79 Å². The van der Waals surface area contributed by atoms with E-state index < -0.39 is 5.91 Å². The second kappa shape index (κ2) is 9.16. The molecule has 1 aromatic carbocycles. The zero-order chi connectivity index (χ0) is 20.1. The highest BCUT2D eigenvalue weighted by molar-refractivity contribution is 7.80. The summed E-state index contributed by atoms with van der Waals surface area (Å²) in [5, 5.41) is 7.30. The molecule has 4 N–H and O–H groups in total. The van der Waals surface area contributed by atoms with Gasteiger partial charge in [0.25, 0.3) is 0 Å². The molecule has 2 aromatic rings. The van der Waals surface area contributed by atoms with Crippen molar-refractivity contribution in [2.24, 2.45) is 5.73 Å². The third-order valence-corrected chi connectivity index (χ3v) is 6.13. The van der Waals surface area contributed by atoms with Crippen LogP contribution in [-0.2, 0) is 17.6 Å². The maximum Gasteiger partial charge on any atom is 0.341 e. The van der Waals surface area contributed by atoms with E-state index in [4.69, 9.17) is 22.7 Å². The van der Waals surface area contributed by atoms with E-state index in [1.165, 1.54) is 24.8 Å². The second-order valence-corrected chi connectivity index (χ2v) is 8.15. The van der Waals surface area contributed by atoms with Gasteiger partial charge in [0, 0.05) is 16.1 Å². The van der Waals surface area contributed by atoms with Crippen LogP contribution in [-0.4, -0.2) is 24.1 Å². The maximum atomic E-state index is 12.4. The number of fused-ring (bicyclic) bond motifs is 1. The Morgan fingerprint density at radius 2 is 1.75 bits per heavy atom. The summed E-state index contributed by atoms with van der Waals surface area (Å²) in [7, 11) is 1.40. The van der Waals surface area contributed by atoms with Crippen LogP contribution in [0.5, 0.6) is 0 Å². The molecule has 3 rings (SSSR count). The fourth-order valence-corrected chi connectivity index (χ4v) is 4.88. The Morgan fingerprint density at radius 3 is 2.39 bits per heavy atom. The van der Waals surface area contributed by atoms with Crippen molar-refractivity contribution in [3.05, 3.63) is 45.8 Å². The number of hydrogen-bond donors (Lipinski definition) is 3. The predicted molar refractivity (Wildman–Crippen MR) is 116 cm³/mol. The molecule has 0 saturated heterocycles. The van der Waals surface area contributed by atoms with Gasteiger partial charge in [-0.05, 0) is 67.7 Å². The molecule has 0 radical (unpaired) electrons. The topological polar surface area (TPSA) is 93.4 Å². The molecule has 0 saturated carbocycles. The Balaban J connectivity index is 1.80. The highest BCUT2D eigenvalue weighted by Crippen LogP contribution is 2.37. The van der Waals surface area contributed by atoms with Crippen molar-refractivity contribution in [3.63, 3.8) is 0 Å². The Labute approximate surface area is 173 Å². The molecule has 6 nitrogen and oxygen atoms in total. The Kier molecular flexibility index (Phi) is 6.64. The van der Waals surface area contributed by atoms with Gasteiger partial charge in [0.15, 0.2) is 5.11 Å². The Morgan fingerprint density at radius 1 is 1.07 bits per heavy atom. The van der Waals surface area contributed by atoms with Gasteiger partial charge < -0.3 is 21.1 Å². The maximum absolute atomic E-state index is 12.4. The van der Waals surface area contributed by atoms with Gasteiger partial charge in [0.05, 0.1) is 12.7 Å². The summed E-state index contributed by atoms with van der Waals surface area (Å²) in [4.78, 5) is 24.8. The first-order chi connectivity index (χ1) is 13.5. The molecule has 8 heteroatoms. The first-order valence-electron chi connectivity index (χ1n) is 9.20.